The predicted molar refractivity (Wildman–Crippen MR) is 84.8 cm³/mol. The molecule has 0 aliphatic heterocycles. The molecule has 0 heterocycles. The third-order valence-corrected chi connectivity index (χ3v) is 3.58. The van der Waals surface area contributed by atoms with Crippen LogP contribution >= 0.6 is 11.6 Å². The lowest BCUT2D eigenvalue weighted by Gasteiger charge is -2.27. The van der Waals surface area contributed by atoms with Crippen molar-refractivity contribution < 1.29 is 4.39 Å². The molecule has 20 heavy (non-hydrogen) atoms. The molecule has 2 unspecified atom stereocenters. The minimum absolute atomic E-state index is 0.102. The third-order valence-electron chi connectivity index (χ3n) is 3.27. The van der Waals surface area contributed by atoms with Gasteiger partial charge in [-0.05, 0) is 51.1 Å². The maximum atomic E-state index is 13.5. The SMILES string of the molecule is CC(C)CC(CN(C)C)NC(C)c1ccc(Cl)c(F)c1. The Labute approximate surface area is 127 Å². The predicted octanol–water partition coefficient (Wildman–Crippen LogP) is 4.11. The van der Waals surface area contributed by atoms with E-state index in [2.05, 4.69) is 45.1 Å². The van der Waals surface area contributed by atoms with Crippen LogP contribution in [0.5, 0.6) is 0 Å². The van der Waals surface area contributed by atoms with Crippen molar-refractivity contribution in [2.24, 2.45) is 5.92 Å². The Hall–Kier alpha value is -0.640. The lowest BCUT2D eigenvalue weighted by atomic mass is 10.0. The molecule has 1 rings (SSSR count). The fourth-order valence-corrected chi connectivity index (χ4v) is 2.55. The van der Waals surface area contributed by atoms with Crippen LogP contribution in [0.3, 0.4) is 0 Å². The molecular formula is C16H26ClFN2. The van der Waals surface area contributed by atoms with Crippen molar-refractivity contribution in [3.8, 4) is 0 Å². The summed E-state index contributed by atoms with van der Waals surface area (Å²) in [5, 5.41) is 3.77. The summed E-state index contributed by atoms with van der Waals surface area (Å²) in [6.07, 6.45) is 1.10. The third kappa shape index (κ3) is 5.78. The standard InChI is InChI=1S/C16H26ClFN2/c1-11(2)8-14(10-20(4)5)19-12(3)13-6-7-15(17)16(18)9-13/h6-7,9,11-12,14,19H,8,10H2,1-5H3. The van der Waals surface area contributed by atoms with Gasteiger partial charge in [0.2, 0.25) is 0 Å². The van der Waals surface area contributed by atoms with Gasteiger partial charge in [0.05, 0.1) is 5.02 Å². The summed E-state index contributed by atoms with van der Waals surface area (Å²) < 4.78 is 13.5. The van der Waals surface area contributed by atoms with Crippen molar-refractivity contribution in [1.29, 1.82) is 0 Å². The molecule has 4 heteroatoms. The topological polar surface area (TPSA) is 15.3 Å². The molecule has 0 bridgehead atoms. The van der Waals surface area contributed by atoms with Gasteiger partial charge < -0.3 is 10.2 Å². The number of hydrogen-bond acceptors (Lipinski definition) is 2. The first-order valence-corrected chi connectivity index (χ1v) is 7.53. The van der Waals surface area contributed by atoms with Crippen molar-refractivity contribution in [3.05, 3.63) is 34.6 Å². The van der Waals surface area contributed by atoms with Gasteiger partial charge in [-0.15, -0.1) is 0 Å². The molecule has 0 saturated heterocycles. The second kappa shape index (κ2) is 7.96. The normalized spacial score (nSPS) is 14.8. The number of likely N-dealkylation sites (N-methyl/N-ethyl adjacent to an activating group) is 1. The maximum absolute atomic E-state index is 13.5. The zero-order valence-corrected chi connectivity index (χ0v) is 13.8. The Balaban J connectivity index is 2.73. The Morgan fingerprint density at radius 1 is 1.25 bits per heavy atom. The first-order chi connectivity index (χ1) is 9.29. The monoisotopic (exact) mass is 300 g/mol. The second-order valence-corrected chi connectivity index (χ2v) is 6.56. The van der Waals surface area contributed by atoms with Crippen molar-refractivity contribution in [1.82, 2.24) is 10.2 Å². The van der Waals surface area contributed by atoms with E-state index in [0.29, 0.717) is 12.0 Å². The largest absolute Gasteiger partial charge is 0.308 e. The number of halogens is 2. The van der Waals surface area contributed by atoms with Crippen LogP contribution in [0, 0.1) is 11.7 Å². The van der Waals surface area contributed by atoms with Crippen LogP contribution in [0.1, 0.15) is 38.8 Å². The van der Waals surface area contributed by atoms with Gasteiger partial charge in [-0.2, -0.15) is 0 Å². The molecule has 0 amide bonds. The van der Waals surface area contributed by atoms with Crippen molar-refractivity contribution >= 4 is 11.6 Å². The van der Waals surface area contributed by atoms with Gasteiger partial charge in [-0.3, -0.25) is 0 Å². The van der Waals surface area contributed by atoms with Gasteiger partial charge in [0, 0.05) is 18.6 Å². The van der Waals surface area contributed by atoms with Crippen molar-refractivity contribution in [2.45, 2.75) is 39.3 Å². The van der Waals surface area contributed by atoms with Crippen LogP contribution in [0.25, 0.3) is 0 Å². The molecule has 2 nitrogen and oxygen atoms in total. The second-order valence-electron chi connectivity index (χ2n) is 6.15. The van der Waals surface area contributed by atoms with E-state index in [9.17, 15) is 4.39 Å². The molecule has 0 saturated carbocycles. The Morgan fingerprint density at radius 2 is 1.90 bits per heavy atom. The first kappa shape index (κ1) is 17.4. The van der Waals surface area contributed by atoms with Gasteiger partial charge in [0.15, 0.2) is 0 Å². The summed E-state index contributed by atoms with van der Waals surface area (Å²) in [5.41, 5.74) is 0.930. The fourth-order valence-electron chi connectivity index (χ4n) is 2.44. The van der Waals surface area contributed by atoms with Crippen LogP contribution in [0.2, 0.25) is 5.02 Å². The number of benzene rings is 1. The smallest absolute Gasteiger partial charge is 0.142 e. The molecular weight excluding hydrogens is 275 g/mol. The van der Waals surface area contributed by atoms with Gasteiger partial charge in [-0.25, -0.2) is 4.39 Å². The molecule has 0 aromatic heterocycles. The maximum Gasteiger partial charge on any atom is 0.142 e. The van der Waals surface area contributed by atoms with Crippen LogP contribution in [0.4, 0.5) is 4.39 Å². The summed E-state index contributed by atoms with van der Waals surface area (Å²) >= 11 is 5.73. The van der Waals surface area contributed by atoms with E-state index in [0.717, 1.165) is 18.5 Å². The molecule has 0 spiro atoms. The quantitative estimate of drug-likeness (QED) is 0.815. The molecule has 0 aliphatic rings. The zero-order chi connectivity index (χ0) is 15.3. The molecule has 1 N–H and O–H groups in total. The van der Waals surface area contributed by atoms with Crippen LogP contribution in [0.15, 0.2) is 18.2 Å². The van der Waals surface area contributed by atoms with Crippen molar-refractivity contribution in [2.75, 3.05) is 20.6 Å². The molecule has 0 fully saturated rings. The molecule has 0 aliphatic carbocycles. The Morgan fingerprint density at radius 3 is 2.40 bits per heavy atom. The Bertz CT molecular complexity index is 411. The number of nitrogens with zero attached hydrogens (tertiary/aromatic N) is 1. The lowest BCUT2D eigenvalue weighted by molar-refractivity contribution is 0.290. The first-order valence-electron chi connectivity index (χ1n) is 7.15. The molecule has 0 radical (unpaired) electrons. The Kier molecular flexibility index (Phi) is 6.93. The highest BCUT2D eigenvalue weighted by Gasteiger charge is 2.16. The van der Waals surface area contributed by atoms with Gasteiger partial charge in [-0.1, -0.05) is 31.5 Å². The van der Waals surface area contributed by atoms with E-state index in [1.807, 2.05) is 6.07 Å². The fraction of sp³-hybridized carbons (Fsp3) is 0.625. The molecule has 114 valence electrons. The number of nitrogens with one attached hydrogen (secondary N) is 1. The molecule has 2 atom stereocenters. The van der Waals surface area contributed by atoms with E-state index >= 15 is 0 Å². The van der Waals surface area contributed by atoms with E-state index in [1.54, 1.807) is 6.07 Å². The van der Waals surface area contributed by atoms with Crippen molar-refractivity contribution in [3.63, 3.8) is 0 Å². The summed E-state index contributed by atoms with van der Waals surface area (Å²) in [7, 11) is 4.14. The van der Waals surface area contributed by atoms with E-state index in [1.165, 1.54) is 6.07 Å². The summed E-state index contributed by atoms with van der Waals surface area (Å²) in [5.74, 6) is 0.271. The summed E-state index contributed by atoms with van der Waals surface area (Å²) in [4.78, 5) is 2.18. The summed E-state index contributed by atoms with van der Waals surface area (Å²) in [6.45, 7) is 7.47. The van der Waals surface area contributed by atoms with Crippen LogP contribution in [-0.2, 0) is 0 Å². The molecule has 1 aromatic rings. The van der Waals surface area contributed by atoms with Crippen LogP contribution < -0.4 is 5.32 Å². The number of hydrogen-bond donors (Lipinski definition) is 1. The van der Waals surface area contributed by atoms with E-state index < -0.39 is 0 Å². The highest BCUT2D eigenvalue weighted by Crippen LogP contribution is 2.21. The highest BCUT2D eigenvalue weighted by molar-refractivity contribution is 6.30. The average molecular weight is 301 g/mol. The lowest BCUT2D eigenvalue weighted by Crippen LogP contribution is -2.40. The minimum Gasteiger partial charge on any atom is -0.308 e. The average Bonchev–Trinajstić information content (AvgIpc) is 2.30. The van der Waals surface area contributed by atoms with Crippen LogP contribution in [-0.4, -0.2) is 31.6 Å². The van der Waals surface area contributed by atoms with Gasteiger partial charge in [0.1, 0.15) is 5.82 Å². The highest BCUT2D eigenvalue weighted by atomic mass is 35.5. The van der Waals surface area contributed by atoms with Gasteiger partial charge in [0.25, 0.3) is 0 Å². The van der Waals surface area contributed by atoms with E-state index in [-0.39, 0.29) is 16.9 Å². The summed E-state index contributed by atoms with van der Waals surface area (Å²) in [6, 6.07) is 5.50. The minimum atomic E-state index is -0.356. The molecule has 1 aromatic carbocycles. The van der Waals surface area contributed by atoms with Gasteiger partial charge >= 0.3 is 0 Å². The number of rotatable bonds is 7. The van der Waals surface area contributed by atoms with E-state index in [4.69, 9.17) is 11.6 Å². The zero-order valence-electron chi connectivity index (χ0n) is 13.1.